The minimum absolute atomic E-state index is 0.733. The van der Waals surface area contributed by atoms with Crippen molar-refractivity contribution in [3.05, 3.63) is 33.8 Å². The SMILES string of the molecule is CCCNCc1c(Cl)cccc1Cl. The lowest BCUT2D eigenvalue weighted by atomic mass is 10.2. The van der Waals surface area contributed by atoms with Crippen LogP contribution in [0.1, 0.15) is 18.9 Å². The molecule has 0 heterocycles. The highest BCUT2D eigenvalue weighted by molar-refractivity contribution is 6.35. The second-order valence-corrected chi connectivity index (χ2v) is 3.69. The fourth-order valence-corrected chi connectivity index (χ4v) is 1.62. The molecule has 0 spiro atoms. The molecule has 0 amide bonds. The first-order valence-corrected chi connectivity index (χ1v) is 5.15. The summed E-state index contributed by atoms with van der Waals surface area (Å²) in [6.45, 7) is 3.86. The summed E-state index contributed by atoms with van der Waals surface area (Å²) in [4.78, 5) is 0. The lowest BCUT2D eigenvalue weighted by Crippen LogP contribution is -2.14. The van der Waals surface area contributed by atoms with Gasteiger partial charge < -0.3 is 5.32 Å². The summed E-state index contributed by atoms with van der Waals surface area (Å²) in [5.74, 6) is 0. The molecule has 0 aromatic heterocycles. The van der Waals surface area contributed by atoms with Gasteiger partial charge in [0.25, 0.3) is 0 Å². The molecule has 0 saturated carbocycles. The highest BCUT2D eigenvalue weighted by atomic mass is 35.5. The van der Waals surface area contributed by atoms with Gasteiger partial charge in [0.1, 0.15) is 0 Å². The number of hydrogen-bond acceptors (Lipinski definition) is 1. The second-order valence-electron chi connectivity index (χ2n) is 2.88. The van der Waals surface area contributed by atoms with Crippen molar-refractivity contribution in [1.29, 1.82) is 0 Å². The monoisotopic (exact) mass is 217 g/mol. The molecule has 0 aliphatic rings. The molecule has 0 bridgehead atoms. The maximum absolute atomic E-state index is 5.98. The average molecular weight is 218 g/mol. The van der Waals surface area contributed by atoms with Crippen LogP contribution >= 0.6 is 23.2 Å². The van der Waals surface area contributed by atoms with Crippen LogP contribution in [0.3, 0.4) is 0 Å². The van der Waals surface area contributed by atoms with Crippen molar-refractivity contribution < 1.29 is 0 Å². The van der Waals surface area contributed by atoms with Crippen molar-refractivity contribution in [3.63, 3.8) is 0 Å². The molecule has 0 atom stereocenters. The van der Waals surface area contributed by atoms with Crippen molar-refractivity contribution in [2.24, 2.45) is 0 Å². The molecule has 1 N–H and O–H groups in total. The highest BCUT2D eigenvalue weighted by Crippen LogP contribution is 2.23. The normalized spacial score (nSPS) is 10.4. The van der Waals surface area contributed by atoms with E-state index in [2.05, 4.69) is 12.2 Å². The number of benzene rings is 1. The lowest BCUT2D eigenvalue weighted by molar-refractivity contribution is 0.676. The molecule has 1 aromatic carbocycles. The van der Waals surface area contributed by atoms with Crippen LogP contribution in [0.25, 0.3) is 0 Å². The predicted molar refractivity (Wildman–Crippen MR) is 58.5 cm³/mol. The van der Waals surface area contributed by atoms with Crippen LogP contribution in [-0.2, 0) is 6.54 Å². The summed E-state index contributed by atoms with van der Waals surface area (Å²) in [6.07, 6.45) is 1.11. The van der Waals surface area contributed by atoms with Gasteiger partial charge in [0.2, 0.25) is 0 Å². The van der Waals surface area contributed by atoms with Crippen molar-refractivity contribution in [1.82, 2.24) is 5.32 Å². The molecule has 1 nitrogen and oxygen atoms in total. The van der Waals surface area contributed by atoms with Gasteiger partial charge >= 0.3 is 0 Å². The van der Waals surface area contributed by atoms with Crippen LogP contribution in [0, 0.1) is 0 Å². The molecular formula is C10H13Cl2N. The van der Waals surface area contributed by atoms with Gasteiger partial charge in [0.15, 0.2) is 0 Å². The Hall–Kier alpha value is -0.240. The van der Waals surface area contributed by atoms with E-state index in [9.17, 15) is 0 Å². The highest BCUT2D eigenvalue weighted by Gasteiger charge is 2.03. The largest absolute Gasteiger partial charge is 0.313 e. The quantitative estimate of drug-likeness (QED) is 0.762. The molecule has 3 heteroatoms. The number of nitrogens with one attached hydrogen (secondary N) is 1. The Morgan fingerprint density at radius 3 is 2.38 bits per heavy atom. The molecule has 0 aliphatic carbocycles. The number of rotatable bonds is 4. The Balaban J connectivity index is 2.64. The fourth-order valence-electron chi connectivity index (χ4n) is 1.09. The summed E-state index contributed by atoms with van der Waals surface area (Å²) in [5.41, 5.74) is 0.985. The van der Waals surface area contributed by atoms with E-state index in [0.717, 1.165) is 35.1 Å². The van der Waals surface area contributed by atoms with Gasteiger partial charge in [0.05, 0.1) is 0 Å². The molecule has 72 valence electrons. The third-order valence-corrected chi connectivity index (χ3v) is 2.50. The van der Waals surface area contributed by atoms with Crippen molar-refractivity contribution in [2.75, 3.05) is 6.54 Å². The van der Waals surface area contributed by atoms with Crippen LogP contribution < -0.4 is 5.32 Å². The van der Waals surface area contributed by atoms with E-state index in [1.165, 1.54) is 0 Å². The predicted octanol–water partition coefficient (Wildman–Crippen LogP) is 3.49. The Morgan fingerprint density at radius 2 is 1.85 bits per heavy atom. The van der Waals surface area contributed by atoms with E-state index in [1.807, 2.05) is 18.2 Å². The molecule has 0 aliphatic heterocycles. The summed E-state index contributed by atoms with van der Waals surface area (Å²) in [7, 11) is 0. The van der Waals surface area contributed by atoms with E-state index in [1.54, 1.807) is 0 Å². The molecular weight excluding hydrogens is 205 g/mol. The standard InChI is InChI=1S/C10H13Cl2N/c1-2-6-13-7-8-9(11)4-3-5-10(8)12/h3-5,13H,2,6-7H2,1H3. The molecule has 0 saturated heterocycles. The number of hydrogen-bond donors (Lipinski definition) is 1. The first-order chi connectivity index (χ1) is 6.25. The smallest absolute Gasteiger partial charge is 0.0465 e. The van der Waals surface area contributed by atoms with E-state index in [-0.39, 0.29) is 0 Å². The zero-order valence-corrected chi connectivity index (χ0v) is 9.12. The van der Waals surface area contributed by atoms with Crippen LogP contribution in [-0.4, -0.2) is 6.54 Å². The minimum atomic E-state index is 0.733. The van der Waals surface area contributed by atoms with Crippen LogP contribution in [0.2, 0.25) is 10.0 Å². The van der Waals surface area contributed by atoms with Gasteiger partial charge in [0, 0.05) is 22.2 Å². The van der Waals surface area contributed by atoms with Crippen molar-refractivity contribution >= 4 is 23.2 Å². The maximum atomic E-state index is 5.98. The van der Waals surface area contributed by atoms with Crippen molar-refractivity contribution in [2.45, 2.75) is 19.9 Å². The van der Waals surface area contributed by atoms with Crippen LogP contribution in [0.5, 0.6) is 0 Å². The van der Waals surface area contributed by atoms with Gasteiger partial charge in [-0.3, -0.25) is 0 Å². The zero-order valence-electron chi connectivity index (χ0n) is 7.61. The van der Waals surface area contributed by atoms with Crippen LogP contribution in [0.4, 0.5) is 0 Å². The van der Waals surface area contributed by atoms with Gasteiger partial charge in [-0.1, -0.05) is 36.2 Å². The molecule has 0 radical (unpaired) electrons. The number of halogens is 2. The lowest BCUT2D eigenvalue weighted by Gasteiger charge is -2.07. The molecule has 1 aromatic rings. The minimum Gasteiger partial charge on any atom is -0.313 e. The molecule has 0 fully saturated rings. The van der Waals surface area contributed by atoms with E-state index in [0.29, 0.717) is 0 Å². The fraction of sp³-hybridized carbons (Fsp3) is 0.400. The Morgan fingerprint density at radius 1 is 1.23 bits per heavy atom. The van der Waals surface area contributed by atoms with Crippen molar-refractivity contribution in [3.8, 4) is 0 Å². The Bertz CT molecular complexity index is 253. The topological polar surface area (TPSA) is 12.0 Å². The summed E-state index contributed by atoms with van der Waals surface area (Å²) in [5, 5.41) is 4.73. The summed E-state index contributed by atoms with van der Waals surface area (Å²) < 4.78 is 0. The third-order valence-electron chi connectivity index (χ3n) is 1.79. The van der Waals surface area contributed by atoms with Crippen LogP contribution in [0.15, 0.2) is 18.2 Å². The second kappa shape index (κ2) is 5.48. The van der Waals surface area contributed by atoms with E-state index >= 15 is 0 Å². The van der Waals surface area contributed by atoms with Gasteiger partial charge in [-0.05, 0) is 25.1 Å². The van der Waals surface area contributed by atoms with Gasteiger partial charge in [-0.25, -0.2) is 0 Å². The first-order valence-electron chi connectivity index (χ1n) is 4.39. The summed E-state index contributed by atoms with van der Waals surface area (Å²) in [6, 6.07) is 5.57. The third kappa shape index (κ3) is 3.18. The zero-order chi connectivity index (χ0) is 9.68. The van der Waals surface area contributed by atoms with Gasteiger partial charge in [-0.15, -0.1) is 0 Å². The van der Waals surface area contributed by atoms with E-state index in [4.69, 9.17) is 23.2 Å². The maximum Gasteiger partial charge on any atom is 0.0465 e. The molecule has 0 unspecified atom stereocenters. The summed E-state index contributed by atoms with van der Waals surface area (Å²) >= 11 is 12.0. The van der Waals surface area contributed by atoms with E-state index < -0.39 is 0 Å². The Kier molecular flexibility index (Phi) is 4.57. The molecule has 13 heavy (non-hydrogen) atoms. The first kappa shape index (κ1) is 10.8. The average Bonchev–Trinajstić information content (AvgIpc) is 2.10. The van der Waals surface area contributed by atoms with Gasteiger partial charge in [-0.2, -0.15) is 0 Å². The Labute approximate surface area is 89.0 Å². The molecule has 1 rings (SSSR count).